The number of hydrogen-bond donors (Lipinski definition) is 1. The maximum atomic E-state index is 12.2. The zero-order chi connectivity index (χ0) is 16.1. The summed E-state index contributed by atoms with van der Waals surface area (Å²) in [7, 11) is 0. The number of anilines is 1. The Balaban J connectivity index is 1.75. The van der Waals surface area contributed by atoms with Crippen molar-refractivity contribution in [1.29, 1.82) is 0 Å². The zero-order valence-corrected chi connectivity index (χ0v) is 12.6. The Hall–Kier alpha value is -3.21. The van der Waals surface area contributed by atoms with Crippen LogP contribution in [0.25, 0.3) is 0 Å². The predicted molar refractivity (Wildman–Crippen MR) is 87.7 cm³/mol. The maximum Gasteiger partial charge on any atom is 0.274 e. The van der Waals surface area contributed by atoms with E-state index in [0.717, 1.165) is 5.69 Å². The quantitative estimate of drug-likeness (QED) is 0.795. The van der Waals surface area contributed by atoms with Gasteiger partial charge in [0, 0.05) is 23.5 Å². The molecule has 0 aliphatic heterocycles. The van der Waals surface area contributed by atoms with Gasteiger partial charge >= 0.3 is 0 Å². The third-order valence-electron chi connectivity index (χ3n) is 3.06. The van der Waals surface area contributed by atoms with E-state index in [1.54, 1.807) is 24.3 Å². The van der Waals surface area contributed by atoms with Gasteiger partial charge in [-0.15, -0.1) is 0 Å². The largest absolute Gasteiger partial charge is 0.421 e. The number of hydrogen-bond acceptors (Lipinski definition) is 4. The molecule has 2 heterocycles. The lowest BCUT2D eigenvalue weighted by Crippen LogP contribution is -2.13. The summed E-state index contributed by atoms with van der Waals surface area (Å²) < 4.78 is 5.60. The second kappa shape index (κ2) is 6.70. The Bertz CT molecular complexity index is 819. The van der Waals surface area contributed by atoms with Crippen LogP contribution in [-0.4, -0.2) is 15.9 Å². The first-order chi connectivity index (χ1) is 11.2. The van der Waals surface area contributed by atoms with Crippen LogP contribution in [-0.2, 0) is 0 Å². The van der Waals surface area contributed by atoms with Gasteiger partial charge in [0.25, 0.3) is 5.91 Å². The van der Waals surface area contributed by atoms with E-state index in [0.29, 0.717) is 17.4 Å². The summed E-state index contributed by atoms with van der Waals surface area (Å²) in [6, 6.07) is 19.7. The minimum atomic E-state index is -0.293. The van der Waals surface area contributed by atoms with Crippen LogP contribution in [0.15, 0.2) is 66.7 Å². The van der Waals surface area contributed by atoms with Gasteiger partial charge in [0.05, 0.1) is 0 Å². The number of amides is 1. The van der Waals surface area contributed by atoms with E-state index in [2.05, 4.69) is 15.3 Å². The average molecular weight is 305 g/mol. The molecule has 0 spiro atoms. The van der Waals surface area contributed by atoms with Gasteiger partial charge in [0.1, 0.15) is 5.69 Å². The molecule has 2 aromatic heterocycles. The van der Waals surface area contributed by atoms with Gasteiger partial charge in [-0.2, -0.15) is 0 Å². The summed E-state index contributed by atoms with van der Waals surface area (Å²) in [6.45, 7) is 1.88. The van der Waals surface area contributed by atoms with Gasteiger partial charge in [-0.25, -0.2) is 9.97 Å². The molecule has 0 fully saturated rings. The number of carbonyl (C=O) groups excluding carboxylic acids is 1. The normalized spacial score (nSPS) is 10.1. The lowest BCUT2D eigenvalue weighted by Gasteiger charge is -2.07. The molecule has 0 saturated carbocycles. The summed E-state index contributed by atoms with van der Waals surface area (Å²) in [5.74, 6) is 0.473. The molecule has 5 nitrogen and oxygen atoms in total. The van der Waals surface area contributed by atoms with Crippen LogP contribution in [0.4, 0.5) is 5.69 Å². The highest BCUT2D eigenvalue weighted by Gasteiger charge is 2.09. The van der Waals surface area contributed by atoms with E-state index in [1.165, 1.54) is 0 Å². The van der Waals surface area contributed by atoms with Crippen LogP contribution < -0.4 is 10.1 Å². The standard InChI is InChI=1S/C18H15N3O2/c1-13-7-5-11-16(19-13)23-17-12-6-10-15(21-17)18(22)20-14-8-3-2-4-9-14/h2-12H,1H3,(H,20,22). The number of ether oxygens (including phenoxy) is 1. The molecule has 114 valence electrons. The van der Waals surface area contributed by atoms with Crippen molar-refractivity contribution in [3.8, 4) is 11.8 Å². The first-order valence-electron chi connectivity index (χ1n) is 7.16. The molecule has 0 bridgehead atoms. The number of nitrogens with zero attached hydrogens (tertiary/aromatic N) is 2. The van der Waals surface area contributed by atoms with Crippen LogP contribution >= 0.6 is 0 Å². The van der Waals surface area contributed by atoms with E-state index in [4.69, 9.17) is 4.74 Å². The fraction of sp³-hybridized carbons (Fsp3) is 0.0556. The van der Waals surface area contributed by atoms with Crippen LogP contribution in [0, 0.1) is 6.92 Å². The number of aromatic nitrogens is 2. The third-order valence-corrected chi connectivity index (χ3v) is 3.06. The van der Waals surface area contributed by atoms with Crippen LogP contribution in [0.5, 0.6) is 11.8 Å². The second-order valence-electron chi connectivity index (χ2n) is 4.90. The summed E-state index contributed by atoms with van der Waals surface area (Å²) >= 11 is 0. The predicted octanol–water partition coefficient (Wildman–Crippen LogP) is 3.83. The summed E-state index contributed by atoms with van der Waals surface area (Å²) in [5, 5.41) is 2.79. The highest BCUT2D eigenvalue weighted by molar-refractivity contribution is 6.02. The lowest BCUT2D eigenvalue weighted by atomic mass is 10.3. The molecule has 5 heteroatoms. The Labute approximate surface area is 134 Å². The number of pyridine rings is 2. The summed E-state index contributed by atoms with van der Waals surface area (Å²) in [4.78, 5) is 20.7. The molecule has 3 aromatic rings. The average Bonchev–Trinajstić information content (AvgIpc) is 2.56. The first kappa shape index (κ1) is 14.7. The summed E-state index contributed by atoms with van der Waals surface area (Å²) in [6.07, 6.45) is 0. The Morgan fingerprint density at radius 1 is 0.870 bits per heavy atom. The van der Waals surface area contributed by atoms with Crippen molar-refractivity contribution in [2.24, 2.45) is 0 Å². The molecule has 0 aliphatic carbocycles. The number of carbonyl (C=O) groups is 1. The van der Waals surface area contributed by atoms with Crippen molar-refractivity contribution in [3.05, 3.63) is 78.1 Å². The van der Waals surface area contributed by atoms with Crippen molar-refractivity contribution in [1.82, 2.24) is 9.97 Å². The second-order valence-corrected chi connectivity index (χ2v) is 4.90. The lowest BCUT2D eigenvalue weighted by molar-refractivity contribution is 0.102. The van der Waals surface area contributed by atoms with Crippen molar-refractivity contribution in [2.75, 3.05) is 5.32 Å². The van der Waals surface area contributed by atoms with Crippen LogP contribution in [0.2, 0.25) is 0 Å². The molecule has 0 radical (unpaired) electrons. The van der Waals surface area contributed by atoms with E-state index >= 15 is 0 Å². The van der Waals surface area contributed by atoms with Gasteiger partial charge in [-0.3, -0.25) is 4.79 Å². The highest BCUT2D eigenvalue weighted by Crippen LogP contribution is 2.18. The van der Waals surface area contributed by atoms with Gasteiger partial charge in [-0.05, 0) is 31.2 Å². The Kier molecular flexibility index (Phi) is 4.29. The SMILES string of the molecule is Cc1cccc(Oc2cccc(C(=O)Nc3ccccc3)n2)n1. The zero-order valence-electron chi connectivity index (χ0n) is 12.6. The van der Waals surface area contributed by atoms with Gasteiger partial charge in [0.2, 0.25) is 11.8 Å². The third kappa shape index (κ3) is 3.91. The van der Waals surface area contributed by atoms with Crippen molar-refractivity contribution >= 4 is 11.6 Å². The van der Waals surface area contributed by atoms with Crippen molar-refractivity contribution < 1.29 is 9.53 Å². The molecule has 3 rings (SSSR count). The molecule has 0 atom stereocenters. The Morgan fingerprint density at radius 3 is 2.30 bits per heavy atom. The van der Waals surface area contributed by atoms with Gasteiger partial charge in [0.15, 0.2) is 0 Å². The van der Waals surface area contributed by atoms with E-state index in [9.17, 15) is 4.79 Å². The van der Waals surface area contributed by atoms with Crippen LogP contribution in [0.1, 0.15) is 16.2 Å². The van der Waals surface area contributed by atoms with Crippen LogP contribution in [0.3, 0.4) is 0 Å². The fourth-order valence-electron chi connectivity index (χ4n) is 2.00. The topological polar surface area (TPSA) is 64.1 Å². The maximum absolute atomic E-state index is 12.2. The highest BCUT2D eigenvalue weighted by atomic mass is 16.5. The molecule has 0 aliphatic rings. The minimum absolute atomic E-state index is 0.277. The fourth-order valence-corrected chi connectivity index (χ4v) is 2.00. The van der Waals surface area contributed by atoms with E-state index in [1.807, 2.05) is 49.4 Å². The first-order valence-corrected chi connectivity index (χ1v) is 7.16. The van der Waals surface area contributed by atoms with Gasteiger partial charge in [-0.1, -0.05) is 30.3 Å². The summed E-state index contributed by atoms with van der Waals surface area (Å²) in [5.41, 5.74) is 1.84. The number of benzene rings is 1. The number of aryl methyl sites for hydroxylation is 1. The van der Waals surface area contributed by atoms with E-state index in [-0.39, 0.29) is 11.6 Å². The van der Waals surface area contributed by atoms with Crippen molar-refractivity contribution in [3.63, 3.8) is 0 Å². The molecule has 1 N–H and O–H groups in total. The smallest absolute Gasteiger partial charge is 0.274 e. The number of rotatable bonds is 4. The number of nitrogens with one attached hydrogen (secondary N) is 1. The molecule has 0 unspecified atom stereocenters. The Morgan fingerprint density at radius 2 is 1.57 bits per heavy atom. The van der Waals surface area contributed by atoms with Crippen molar-refractivity contribution in [2.45, 2.75) is 6.92 Å². The molecule has 23 heavy (non-hydrogen) atoms. The molecular weight excluding hydrogens is 290 g/mol. The molecule has 1 amide bonds. The number of para-hydroxylation sites is 1. The minimum Gasteiger partial charge on any atom is -0.421 e. The van der Waals surface area contributed by atoms with Gasteiger partial charge < -0.3 is 10.1 Å². The molecule has 0 saturated heterocycles. The van der Waals surface area contributed by atoms with E-state index < -0.39 is 0 Å². The molecule has 1 aromatic carbocycles. The monoisotopic (exact) mass is 305 g/mol. The molecular formula is C18H15N3O2.